The molecule has 3 saturated heterocycles. The van der Waals surface area contributed by atoms with Gasteiger partial charge in [-0.1, -0.05) is 19.4 Å². The number of hydrogen-bond acceptors (Lipinski definition) is 10. The van der Waals surface area contributed by atoms with Gasteiger partial charge in [0.2, 0.25) is 5.72 Å². The number of hydrogen-bond donors (Lipinski definition) is 2. The summed E-state index contributed by atoms with van der Waals surface area (Å²) < 4.78 is 29.8. The van der Waals surface area contributed by atoms with Crippen LogP contribution < -0.4 is 0 Å². The molecular formula is C27H38N2O8. The standard InChI is InChI=1S/C27H38N2O8/c1-4-18-12-29-8-7-26-23-21(5-6-25(15-30,16-31)24(23)34-3)28-27(26,37-10-9-36-26)22(29)11-20(18)19(13-33-2)14-35-17-32/h5-6,13,17-18,20,22,30-31H,4,7-12,14-16H2,1-3H3/t18-,20+,22+,26+,27+/m1/s1. The SMILES string of the molecule is CC[C@@H]1CN2CC[C@@]34OCCO[C@@]3(N=C3C=CC(CO)(CO)C(OC)=C34)[C@@H]2C[C@@H]1C(=COC)COC=O. The van der Waals surface area contributed by atoms with Crippen molar-refractivity contribution in [1.82, 2.24) is 4.90 Å². The highest BCUT2D eigenvalue weighted by Crippen LogP contribution is 2.59. The van der Waals surface area contributed by atoms with E-state index in [-0.39, 0.29) is 31.8 Å². The van der Waals surface area contributed by atoms with Crippen molar-refractivity contribution < 1.29 is 38.7 Å². The molecule has 2 N–H and O–H groups in total. The fraction of sp³-hybridized carbons (Fsp3) is 0.704. The van der Waals surface area contributed by atoms with Crippen LogP contribution in [0.4, 0.5) is 0 Å². The van der Waals surface area contributed by atoms with E-state index >= 15 is 0 Å². The molecule has 0 aromatic heterocycles. The van der Waals surface area contributed by atoms with Crippen LogP contribution in [0.3, 0.4) is 0 Å². The molecule has 0 bridgehead atoms. The Morgan fingerprint density at radius 2 is 2.05 bits per heavy atom. The summed E-state index contributed by atoms with van der Waals surface area (Å²) in [6.45, 7) is 4.67. The average Bonchev–Trinajstić information content (AvgIpc) is 3.25. The number of aliphatic hydroxyl groups is 2. The minimum Gasteiger partial charge on any atom is -0.504 e. The van der Waals surface area contributed by atoms with Crippen molar-refractivity contribution in [2.24, 2.45) is 22.2 Å². The second kappa shape index (κ2) is 10.1. The van der Waals surface area contributed by atoms with Crippen LogP contribution in [0, 0.1) is 17.3 Å². The number of nitrogens with zero attached hydrogens (tertiary/aromatic N) is 2. The molecule has 1 aliphatic carbocycles. The molecule has 10 nitrogen and oxygen atoms in total. The summed E-state index contributed by atoms with van der Waals surface area (Å²) in [7, 11) is 3.17. The lowest BCUT2D eigenvalue weighted by Gasteiger charge is -2.60. The molecule has 4 heterocycles. The fourth-order valence-corrected chi connectivity index (χ4v) is 7.32. The maximum Gasteiger partial charge on any atom is 0.293 e. The summed E-state index contributed by atoms with van der Waals surface area (Å²) >= 11 is 0. The summed E-state index contributed by atoms with van der Waals surface area (Å²) in [6, 6.07) is -0.111. The monoisotopic (exact) mass is 518 g/mol. The van der Waals surface area contributed by atoms with Gasteiger partial charge in [0.1, 0.15) is 12.4 Å². The van der Waals surface area contributed by atoms with Gasteiger partial charge in [-0.05, 0) is 30.8 Å². The largest absolute Gasteiger partial charge is 0.504 e. The number of aliphatic hydroxyl groups excluding tert-OH is 2. The van der Waals surface area contributed by atoms with Crippen LogP contribution in [-0.4, -0.2) is 105 Å². The molecule has 5 rings (SSSR count). The molecule has 0 aromatic rings. The molecular weight excluding hydrogens is 480 g/mol. The molecule has 4 aliphatic heterocycles. The highest BCUT2D eigenvalue weighted by Gasteiger charge is 2.72. The lowest BCUT2D eigenvalue weighted by molar-refractivity contribution is -0.285. The van der Waals surface area contributed by atoms with Gasteiger partial charge in [0, 0.05) is 18.7 Å². The number of carbonyl (C=O) groups excluding carboxylic acids is 1. The van der Waals surface area contributed by atoms with Gasteiger partial charge in [-0.3, -0.25) is 9.69 Å². The van der Waals surface area contributed by atoms with Crippen molar-refractivity contribution in [3.8, 4) is 0 Å². The third-order valence-corrected chi connectivity index (χ3v) is 9.03. The first-order chi connectivity index (χ1) is 18.0. The molecule has 3 fully saturated rings. The van der Waals surface area contributed by atoms with Crippen LogP contribution in [0.2, 0.25) is 0 Å². The molecule has 0 spiro atoms. The van der Waals surface area contributed by atoms with Crippen molar-refractivity contribution in [2.45, 2.75) is 43.6 Å². The first-order valence-corrected chi connectivity index (χ1v) is 13.1. The van der Waals surface area contributed by atoms with Crippen LogP contribution in [0.1, 0.15) is 26.2 Å². The zero-order valence-corrected chi connectivity index (χ0v) is 21.9. The van der Waals surface area contributed by atoms with Gasteiger partial charge >= 0.3 is 0 Å². The first kappa shape index (κ1) is 26.4. The van der Waals surface area contributed by atoms with Crippen LogP contribution in [-0.2, 0) is 28.5 Å². The number of allylic oxidation sites excluding steroid dienone is 1. The molecule has 0 amide bonds. The van der Waals surface area contributed by atoms with Crippen molar-refractivity contribution in [1.29, 1.82) is 0 Å². The summed E-state index contributed by atoms with van der Waals surface area (Å²) in [4.78, 5) is 18.7. The number of fused-ring (bicyclic) bond motifs is 2. The number of piperidine rings is 2. The van der Waals surface area contributed by atoms with E-state index in [4.69, 9.17) is 28.7 Å². The second-order valence-electron chi connectivity index (χ2n) is 10.5. The maximum atomic E-state index is 11.0. The number of rotatable bonds is 9. The van der Waals surface area contributed by atoms with E-state index in [2.05, 4.69) is 11.8 Å². The van der Waals surface area contributed by atoms with E-state index < -0.39 is 16.7 Å². The molecule has 0 radical (unpaired) electrons. The summed E-state index contributed by atoms with van der Waals surface area (Å²) in [5.41, 5.74) is -0.555. The summed E-state index contributed by atoms with van der Waals surface area (Å²) in [5, 5.41) is 20.6. The lowest BCUT2D eigenvalue weighted by Crippen LogP contribution is -2.74. The maximum absolute atomic E-state index is 11.0. The number of methoxy groups -OCH3 is 2. The van der Waals surface area contributed by atoms with E-state index in [1.54, 1.807) is 26.6 Å². The highest BCUT2D eigenvalue weighted by molar-refractivity contribution is 6.14. The Kier molecular flexibility index (Phi) is 7.23. The highest BCUT2D eigenvalue weighted by atomic mass is 16.6. The van der Waals surface area contributed by atoms with Crippen molar-refractivity contribution in [2.75, 3.05) is 60.3 Å². The molecule has 204 valence electrons. The zero-order valence-electron chi connectivity index (χ0n) is 21.9. The van der Waals surface area contributed by atoms with Crippen LogP contribution in [0.15, 0.2) is 40.3 Å². The van der Waals surface area contributed by atoms with Gasteiger partial charge in [0.15, 0.2) is 5.60 Å². The van der Waals surface area contributed by atoms with E-state index in [1.165, 1.54) is 0 Å². The minimum atomic E-state index is -1.06. The van der Waals surface area contributed by atoms with E-state index in [9.17, 15) is 15.0 Å². The van der Waals surface area contributed by atoms with Gasteiger partial charge in [-0.2, -0.15) is 0 Å². The van der Waals surface area contributed by atoms with Crippen molar-refractivity contribution in [3.05, 3.63) is 35.3 Å². The van der Waals surface area contributed by atoms with E-state index in [0.717, 1.165) is 37.1 Å². The van der Waals surface area contributed by atoms with E-state index in [0.29, 0.717) is 43.5 Å². The minimum absolute atomic E-state index is 0.102. The molecule has 37 heavy (non-hydrogen) atoms. The number of aliphatic imine (C=N–C) groups is 1. The van der Waals surface area contributed by atoms with Crippen LogP contribution in [0.25, 0.3) is 0 Å². The third-order valence-electron chi connectivity index (χ3n) is 9.03. The predicted molar refractivity (Wildman–Crippen MR) is 134 cm³/mol. The molecule has 10 heteroatoms. The quantitative estimate of drug-likeness (QED) is 0.343. The molecule has 0 saturated carbocycles. The van der Waals surface area contributed by atoms with Crippen molar-refractivity contribution >= 4 is 12.2 Å². The predicted octanol–water partition coefficient (Wildman–Crippen LogP) is 1.19. The summed E-state index contributed by atoms with van der Waals surface area (Å²) in [6.07, 6.45) is 7.67. The normalized spacial score (nSPS) is 36.6. The molecule has 0 aromatic carbocycles. The lowest BCUT2D eigenvalue weighted by atomic mass is 9.65. The Labute approximate surface area is 217 Å². The number of carbonyl (C=O) groups is 1. The molecule has 5 aliphatic rings. The Morgan fingerprint density at radius 3 is 2.73 bits per heavy atom. The number of ether oxygens (including phenoxy) is 5. The fourth-order valence-electron chi connectivity index (χ4n) is 7.32. The molecule has 0 unspecified atom stereocenters. The first-order valence-electron chi connectivity index (χ1n) is 13.1. The van der Waals surface area contributed by atoms with Gasteiger partial charge in [0.05, 0.1) is 69.7 Å². The van der Waals surface area contributed by atoms with E-state index in [1.807, 2.05) is 6.08 Å². The zero-order chi connectivity index (χ0) is 26.3. The van der Waals surface area contributed by atoms with Crippen molar-refractivity contribution in [3.63, 3.8) is 0 Å². The Balaban J connectivity index is 1.62. The van der Waals surface area contributed by atoms with Gasteiger partial charge in [-0.25, -0.2) is 4.99 Å². The van der Waals surface area contributed by atoms with Crippen LogP contribution in [0.5, 0.6) is 0 Å². The molecule has 5 atom stereocenters. The Bertz CT molecular complexity index is 1020. The van der Waals surface area contributed by atoms with Gasteiger partial charge in [0.25, 0.3) is 6.47 Å². The Morgan fingerprint density at radius 1 is 1.27 bits per heavy atom. The third kappa shape index (κ3) is 3.71. The smallest absolute Gasteiger partial charge is 0.293 e. The van der Waals surface area contributed by atoms with Gasteiger partial charge in [-0.15, -0.1) is 0 Å². The van der Waals surface area contributed by atoms with Gasteiger partial charge < -0.3 is 33.9 Å². The Hall–Kier alpha value is -2.24. The topological polar surface area (TPSA) is 119 Å². The second-order valence-corrected chi connectivity index (χ2v) is 10.5. The van der Waals surface area contributed by atoms with Crippen LogP contribution >= 0.6 is 0 Å². The average molecular weight is 519 g/mol. The summed E-state index contributed by atoms with van der Waals surface area (Å²) in [5.74, 6) is 0.936.